The van der Waals surface area contributed by atoms with Gasteiger partial charge in [-0.05, 0) is 84.3 Å². The van der Waals surface area contributed by atoms with Gasteiger partial charge in [0.25, 0.3) is 0 Å². The second-order valence-corrected chi connectivity index (χ2v) is 8.39. The maximum Gasteiger partial charge on any atom is 0.335 e. The topological polar surface area (TPSA) is 100 Å². The van der Waals surface area contributed by atoms with Crippen LogP contribution in [0.3, 0.4) is 0 Å². The monoisotopic (exact) mass is 422 g/mol. The second-order valence-electron chi connectivity index (χ2n) is 8.39. The van der Waals surface area contributed by atoms with E-state index in [1.54, 1.807) is 24.3 Å². The lowest BCUT2D eigenvalue weighted by molar-refractivity contribution is 0.0686. The average molecular weight is 422 g/mol. The molecule has 2 heterocycles. The highest BCUT2D eigenvalue weighted by Gasteiger charge is 2.23. The minimum absolute atomic E-state index is 0.243. The third kappa shape index (κ3) is 2.80. The Labute approximate surface area is 183 Å². The lowest BCUT2D eigenvalue weighted by atomic mass is 9.86. The van der Waals surface area contributed by atoms with Crippen LogP contribution in [-0.4, -0.2) is 32.1 Å². The van der Waals surface area contributed by atoms with Crippen LogP contribution in [0.25, 0.3) is 33.5 Å². The molecule has 0 radical (unpaired) electrons. The van der Waals surface area contributed by atoms with Crippen LogP contribution < -0.4 is 0 Å². The molecule has 6 heteroatoms. The maximum atomic E-state index is 11.5. The van der Waals surface area contributed by atoms with Gasteiger partial charge in [0.05, 0.1) is 22.5 Å². The quantitative estimate of drug-likeness (QED) is 0.491. The molecule has 156 valence electrons. The molecule has 0 aliphatic heterocycles. The molecule has 0 amide bonds. The van der Waals surface area contributed by atoms with Crippen molar-refractivity contribution in [3.8, 4) is 22.5 Å². The number of hydrogen-bond acceptors (Lipinski definition) is 4. The molecule has 2 aromatic heterocycles. The van der Waals surface area contributed by atoms with Crippen molar-refractivity contribution in [3.05, 3.63) is 81.9 Å². The lowest BCUT2D eigenvalue weighted by Crippen LogP contribution is -2.10. The standard InChI is InChI=1S/C26H18N2O4/c29-25(30)17-7-3-13-1-5-15-9-19-10-16-6-2-14-4-8-18(26(31)32)12-21(14)23(16)28-24(19)27-22(15)20(13)11-17/h3-4,7-12H,1-2,5-6H2,(H,29,30)(H,31,32). The van der Waals surface area contributed by atoms with Crippen LogP contribution in [0.1, 0.15) is 43.0 Å². The lowest BCUT2D eigenvalue weighted by Gasteiger charge is -2.22. The Balaban J connectivity index is 1.56. The molecule has 6 nitrogen and oxygen atoms in total. The predicted octanol–water partition coefficient (Wildman–Crippen LogP) is 4.56. The van der Waals surface area contributed by atoms with Gasteiger partial charge in [0.2, 0.25) is 0 Å². The second kappa shape index (κ2) is 6.72. The Hall–Kier alpha value is -4.06. The number of rotatable bonds is 2. The summed E-state index contributed by atoms with van der Waals surface area (Å²) in [5, 5.41) is 19.8. The minimum Gasteiger partial charge on any atom is -0.478 e. The Morgan fingerprint density at radius 1 is 0.625 bits per heavy atom. The number of fused-ring (bicyclic) bond motifs is 7. The highest BCUT2D eigenvalue weighted by molar-refractivity contribution is 5.93. The Morgan fingerprint density at radius 3 is 1.50 bits per heavy atom. The minimum atomic E-state index is -0.959. The van der Waals surface area contributed by atoms with E-state index in [2.05, 4.69) is 12.1 Å². The molecule has 32 heavy (non-hydrogen) atoms. The summed E-state index contributed by atoms with van der Waals surface area (Å²) >= 11 is 0. The summed E-state index contributed by atoms with van der Waals surface area (Å²) in [5.41, 5.74) is 8.70. The molecular formula is C26H18N2O4. The van der Waals surface area contributed by atoms with Crippen molar-refractivity contribution in [1.29, 1.82) is 0 Å². The van der Waals surface area contributed by atoms with Crippen LogP contribution in [0.4, 0.5) is 0 Å². The molecule has 0 unspecified atom stereocenters. The first-order valence-electron chi connectivity index (χ1n) is 10.5. The summed E-state index contributed by atoms with van der Waals surface area (Å²) in [4.78, 5) is 32.7. The molecule has 0 bridgehead atoms. The highest BCUT2D eigenvalue weighted by Crippen LogP contribution is 2.38. The normalized spacial score (nSPS) is 13.6. The van der Waals surface area contributed by atoms with Crippen molar-refractivity contribution >= 4 is 23.0 Å². The number of carboxylic acid groups (broad SMARTS) is 2. The van der Waals surface area contributed by atoms with E-state index in [0.717, 1.165) is 75.8 Å². The van der Waals surface area contributed by atoms with Crippen LogP contribution in [0, 0.1) is 0 Å². The fourth-order valence-electron chi connectivity index (χ4n) is 4.87. The summed E-state index contributed by atoms with van der Waals surface area (Å²) in [7, 11) is 0. The molecule has 0 atom stereocenters. The summed E-state index contributed by atoms with van der Waals surface area (Å²) in [5.74, 6) is -1.92. The Kier molecular flexibility index (Phi) is 3.92. The number of nitrogens with zero attached hydrogens (tertiary/aromatic N) is 2. The molecule has 0 fully saturated rings. The third-order valence-corrected chi connectivity index (χ3v) is 6.51. The van der Waals surface area contributed by atoms with E-state index in [4.69, 9.17) is 9.97 Å². The smallest absolute Gasteiger partial charge is 0.335 e. The number of pyridine rings is 2. The number of carboxylic acids is 2. The van der Waals surface area contributed by atoms with Crippen LogP contribution in [0.15, 0.2) is 48.5 Å². The van der Waals surface area contributed by atoms with E-state index in [1.807, 2.05) is 12.1 Å². The van der Waals surface area contributed by atoms with Gasteiger partial charge in [0.1, 0.15) is 0 Å². The fraction of sp³-hybridized carbons (Fsp3) is 0.154. The van der Waals surface area contributed by atoms with E-state index in [1.165, 1.54) is 0 Å². The number of aromatic carboxylic acids is 2. The number of aryl methyl sites for hydroxylation is 4. The first-order valence-corrected chi connectivity index (χ1v) is 10.5. The van der Waals surface area contributed by atoms with E-state index in [9.17, 15) is 19.8 Å². The van der Waals surface area contributed by atoms with E-state index < -0.39 is 11.9 Å². The first kappa shape index (κ1) is 18.7. The van der Waals surface area contributed by atoms with Crippen LogP contribution in [0.5, 0.6) is 0 Å². The SMILES string of the molecule is O=C(O)c1ccc2c(c1)-c1nc3nc4c(cc3cc1CC2)CCc1ccc(C(=O)O)cc1-4. The molecule has 2 aliphatic carbocycles. The number of benzene rings is 2. The largest absolute Gasteiger partial charge is 0.478 e. The molecule has 0 saturated heterocycles. The van der Waals surface area contributed by atoms with E-state index in [-0.39, 0.29) is 11.1 Å². The van der Waals surface area contributed by atoms with E-state index in [0.29, 0.717) is 5.65 Å². The number of hydrogen-bond donors (Lipinski definition) is 2. The van der Waals surface area contributed by atoms with Crippen molar-refractivity contribution in [2.45, 2.75) is 25.7 Å². The molecule has 6 rings (SSSR count). The molecule has 2 aliphatic rings. The number of aromatic nitrogens is 2. The molecule has 4 aromatic rings. The summed E-state index contributed by atoms with van der Waals surface area (Å²) in [6.45, 7) is 0. The van der Waals surface area contributed by atoms with Crippen molar-refractivity contribution in [2.75, 3.05) is 0 Å². The van der Waals surface area contributed by atoms with Gasteiger partial charge in [0, 0.05) is 16.5 Å². The van der Waals surface area contributed by atoms with Crippen LogP contribution >= 0.6 is 0 Å². The Morgan fingerprint density at radius 2 is 1.06 bits per heavy atom. The van der Waals surface area contributed by atoms with Crippen molar-refractivity contribution in [1.82, 2.24) is 9.97 Å². The maximum absolute atomic E-state index is 11.5. The number of carbonyl (C=O) groups is 2. The summed E-state index contributed by atoms with van der Waals surface area (Å²) < 4.78 is 0. The summed E-state index contributed by atoms with van der Waals surface area (Å²) in [6.07, 6.45) is 3.39. The zero-order chi connectivity index (χ0) is 22.0. The zero-order valence-corrected chi connectivity index (χ0v) is 17.1. The zero-order valence-electron chi connectivity index (χ0n) is 17.1. The molecule has 2 N–H and O–H groups in total. The molecule has 0 spiro atoms. The van der Waals surface area contributed by atoms with Gasteiger partial charge in [0.15, 0.2) is 5.65 Å². The molecule has 0 saturated carbocycles. The highest BCUT2D eigenvalue weighted by atomic mass is 16.4. The molecule has 2 aromatic carbocycles. The van der Waals surface area contributed by atoms with Crippen LogP contribution in [0.2, 0.25) is 0 Å². The van der Waals surface area contributed by atoms with Gasteiger partial charge in [-0.25, -0.2) is 19.6 Å². The van der Waals surface area contributed by atoms with E-state index >= 15 is 0 Å². The summed E-state index contributed by atoms with van der Waals surface area (Å²) in [6, 6.07) is 14.6. The first-order chi connectivity index (χ1) is 15.5. The molecular weight excluding hydrogens is 404 g/mol. The van der Waals surface area contributed by atoms with Gasteiger partial charge in [-0.3, -0.25) is 0 Å². The van der Waals surface area contributed by atoms with Gasteiger partial charge >= 0.3 is 11.9 Å². The van der Waals surface area contributed by atoms with Gasteiger partial charge < -0.3 is 10.2 Å². The Bertz CT molecular complexity index is 1380. The average Bonchev–Trinajstić information content (AvgIpc) is 2.80. The van der Waals surface area contributed by atoms with Gasteiger partial charge in [-0.2, -0.15) is 0 Å². The van der Waals surface area contributed by atoms with Crippen molar-refractivity contribution in [3.63, 3.8) is 0 Å². The fourth-order valence-corrected chi connectivity index (χ4v) is 4.87. The third-order valence-electron chi connectivity index (χ3n) is 6.51. The van der Waals surface area contributed by atoms with Crippen LogP contribution in [-0.2, 0) is 25.7 Å². The van der Waals surface area contributed by atoms with Gasteiger partial charge in [-0.15, -0.1) is 0 Å². The van der Waals surface area contributed by atoms with Crippen molar-refractivity contribution in [2.24, 2.45) is 0 Å². The van der Waals surface area contributed by atoms with Crippen molar-refractivity contribution < 1.29 is 19.8 Å². The van der Waals surface area contributed by atoms with Gasteiger partial charge in [-0.1, -0.05) is 12.1 Å². The predicted molar refractivity (Wildman–Crippen MR) is 119 cm³/mol.